The van der Waals surface area contributed by atoms with Crippen molar-refractivity contribution < 1.29 is 9.90 Å². The number of rotatable bonds is 3. The van der Waals surface area contributed by atoms with Crippen LogP contribution >= 0.6 is 15.9 Å². The number of aliphatic hydroxyl groups is 1. The van der Waals surface area contributed by atoms with Crippen LogP contribution in [-0.4, -0.2) is 23.2 Å². The van der Waals surface area contributed by atoms with Gasteiger partial charge in [-0.05, 0) is 31.0 Å². The lowest BCUT2D eigenvalue weighted by molar-refractivity contribution is 0.0839. The van der Waals surface area contributed by atoms with Gasteiger partial charge in [0.15, 0.2) is 0 Å². The third-order valence-electron chi connectivity index (χ3n) is 3.50. The third-order valence-corrected chi connectivity index (χ3v) is 3.99. The number of nitrogen functional groups attached to an aromatic ring is 1. The molecule has 4 N–H and O–H groups in total. The molecule has 0 atom stereocenters. The number of carbonyl (C=O) groups excluding carboxylic acids is 1. The molecule has 5 heteroatoms. The molecule has 0 spiro atoms. The summed E-state index contributed by atoms with van der Waals surface area (Å²) < 4.78 is 0.842. The van der Waals surface area contributed by atoms with E-state index in [1.165, 1.54) is 0 Å². The molecule has 0 saturated heterocycles. The minimum absolute atomic E-state index is 0.0187. The molecular formula is C13H17BrN2O2. The first-order valence-electron chi connectivity index (χ1n) is 6.05. The van der Waals surface area contributed by atoms with E-state index in [1.54, 1.807) is 18.2 Å². The van der Waals surface area contributed by atoms with Gasteiger partial charge in [0.25, 0.3) is 5.91 Å². The number of halogens is 1. The van der Waals surface area contributed by atoms with Gasteiger partial charge >= 0.3 is 0 Å². The van der Waals surface area contributed by atoms with E-state index in [0.29, 0.717) is 11.3 Å². The quantitative estimate of drug-likeness (QED) is 0.748. The van der Waals surface area contributed by atoms with Gasteiger partial charge < -0.3 is 16.2 Å². The first-order chi connectivity index (χ1) is 8.56. The summed E-state index contributed by atoms with van der Waals surface area (Å²) in [5.74, 6) is -0.212. The average molecular weight is 313 g/mol. The number of carbonyl (C=O) groups is 1. The van der Waals surface area contributed by atoms with Crippen LogP contribution in [0.3, 0.4) is 0 Å². The maximum atomic E-state index is 12.2. The fraction of sp³-hybridized carbons (Fsp3) is 0.462. The lowest BCUT2D eigenvalue weighted by Crippen LogP contribution is -2.49. The molecule has 1 aromatic rings. The van der Waals surface area contributed by atoms with Crippen molar-refractivity contribution in [3.63, 3.8) is 0 Å². The highest BCUT2D eigenvalue weighted by molar-refractivity contribution is 9.10. The monoisotopic (exact) mass is 312 g/mol. The van der Waals surface area contributed by atoms with Gasteiger partial charge in [-0.1, -0.05) is 28.8 Å². The average Bonchev–Trinajstić information content (AvgIpc) is 2.78. The minimum atomic E-state index is -0.462. The Hall–Kier alpha value is -1.07. The maximum absolute atomic E-state index is 12.2. The highest BCUT2D eigenvalue weighted by Crippen LogP contribution is 2.30. The zero-order valence-corrected chi connectivity index (χ0v) is 11.7. The molecule has 18 heavy (non-hydrogen) atoms. The van der Waals surface area contributed by atoms with Crippen molar-refractivity contribution in [2.75, 3.05) is 12.3 Å². The number of anilines is 1. The van der Waals surface area contributed by atoms with Gasteiger partial charge in [-0.15, -0.1) is 0 Å². The zero-order valence-electron chi connectivity index (χ0n) is 10.1. The Morgan fingerprint density at radius 2 is 2.11 bits per heavy atom. The van der Waals surface area contributed by atoms with E-state index in [9.17, 15) is 9.90 Å². The van der Waals surface area contributed by atoms with Gasteiger partial charge in [0.1, 0.15) is 0 Å². The number of amides is 1. The summed E-state index contributed by atoms with van der Waals surface area (Å²) in [5, 5.41) is 12.4. The first kappa shape index (κ1) is 13.4. The van der Waals surface area contributed by atoms with E-state index >= 15 is 0 Å². The van der Waals surface area contributed by atoms with Crippen LogP contribution in [0.2, 0.25) is 0 Å². The van der Waals surface area contributed by atoms with Crippen LogP contribution in [0.1, 0.15) is 36.0 Å². The second-order valence-electron chi connectivity index (χ2n) is 4.83. The number of nitrogens with one attached hydrogen (secondary N) is 1. The minimum Gasteiger partial charge on any atom is -0.398 e. The van der Waals surface area contributed by atoms with Crippen molar-refractivity contribution in [3.8, 4) is 0 Å². The van der Waals surface area contributed by atoms with Crippen LogP contribution in [0.4, 0.5) is 5.69 Å². The van der Waals surface area contributed by atoms with Crippen LogP contribution < -0.4 is 11.1 Å². The van der Waals surface area contributed by atoms with E-state index in [1.807, 2.05) is 0 Å². The summed E-state index contributed by atoms with van der Waals surface area (Å²) in [6, 6.07) is 5.18. The predicted octanol–water partition coefficient (Wildman–Crippen LogP) is 2.07. The zero-order chi connectivity index (χ0) is 13.2. The van der Waals surface area contributed by atoms with Crippen molar-refractivity contribution in [3.05, 3.63) is 28.2 Å². The molecule has 0 bridgehead atoms. The number of nitrogens with two attached hydrogens (primary N) is 1. The summed E-state index contributed by atoms with van der Waals surface area (Å²) >= 11 is 3.31. The van der Waals surface area contributed by atoms with Gasteiger partial charge in [-0.2, -0.15) is 0 Å². The smallest absolute Gasteiger partial charge is 0.253 e. The Kier molecular flexibility index (Phi) is 3.92. The molecule has 98 valence electrons. The number of benzene rings is 1. The molecule has 0 unspecified atom stereocenters. The van der Waals surface area contributed by atoms with Crippen molar-refractivity contribution >= 4 is 27.5 Å². The van der Waals surface area contributed by atoms with E-state index < -0.39 is 5.54 Å². The van der Waals surface area contributed by atoms with Gasteiger partial charge in [0, 0.05) is 10.2 Å². The lowest BCUT2D eigenvalue weighted by Gasteiger charge is -2.28. The van der Waals surface area contributed by atoms with Gasteiger partial charge in [-0.25, -0.2) is 0 Å². The molecule has 1 aromatic carbocycles. The molecule has 1 aliphatic rings. The molecule has 0 heterocycles. The summed E-state index contributed by atoms with van der Waals surface area (Å²) in [6.07, 6.45) is 3.73. The summed E-state index contributed by atoms with van der Waals surface area (Å²) in [4.78, 5) is 12.2. The summed E-state index contributed by atoms with van der Waals surface area (Å²) in [5.41, 5.74) is 6.26. The van der Waals surface area contributed by atoms with Crippen molar-refractivity contribution in [1.29, 1.82) is 0 Å². The molecule has 1 fully saturated rings. The summed E-state index contributed by atoms with van der Waals surface area (Å²) in [6.45, 7) is -0.0187. The molecule has 2 rings (SSSR count). The van der Waals surface area contributed by atoms with Gasteiger partial charge in [0.05, 0.1) is 17.7 Å². The number of aliphatic hydroxyl groups excluding tert-OH is 1. The standard InChI is InChI=1S/C13H17BrN2O2/c14-9-3-4-10(11(15)7-9)12(18)16-13(8-17)5-1-2-6-13/h3-4,7,17H,1-2,5-6,8,15H2,(H,16,18). The Balaban J connectivity index is 2.16. The predicted molar refractivity (Wildman–Crippen MR) is 74.3 cm³/mol. The van der Waals surface area contributed by atoms with E-state index in [-0.39, 0.29) is 12.5 Å². The Bertz CT molecular complexity index is 456. The molecule has 1 saturated carbocycles. The third kappa shape index (κ3) is 2.67. The molecule has 0 radical (unpaired) electrons. The van der Waals surface area contributed by atoms with E-state index in [4.69, 9.17) is 5.73 Å². The van der Waals surface area contributed by atoms with E-state index in [2.05, 4.69) is 21.2 Å². The van der Waals surface area contributed by atoms with Crippen molar-refractivity contribution in [2.24, 2.45) is 0 Å². The molecular weight excluding hydrogens is 296 g/mol. The highest BCUT2D eigenvalue weighted by Gasteiger charge is 2.35. The van der Waals surface area contributed by atoms with Crippen LogP contribution in [0.5, 0.6) is 0 Å². The van der Waals surface area contributed by atoms with Crippen molar-refractivity contribution in [1.82, 2.24) is 5.32 Å². The lowest BCUT2D eigenvalue weighted by atomic mass is 9.98. The fourth-order valence-electron chi connectivity index (χ4n) is 2.42. The number of hydrogen-bond acceptors (Lipinski definition) is 3. The first-order valence-corrected chi connectivity index (χ1v) is 6.84. The molecule has 4 nitrogen and oxygen atoms in total. The Morgan fingerprint density at radius 3 is 2.67 bits per heavy atom. The largest absolute Gasteiger partial charge is 0.398 e. The Morgan fingerprint density at radius 1 is 1.44 bits per heavy atom. The second-order valence-corrected chi connectivity index (χ2v) is 5.75. The van der Waals surface area contributed by atoms with Crippen LogP contribution in [0, 0.1) is 0 Å². The van der Waals surface area contributed by atoms with Crippen LogP contribution in [0.25, 0.3) is 0 Å². The van der Waals surface area contributed by atoms with Crippen molar-refractivity contribution in [2.45, 2.75) is 31.2 Å². The molecule has 0 aliphatic heterocycles. The second kappa shape index (κ2) is 5.28. The van der Waals surface area contributed by atoms with Crippen LogP contribution in [-0.2, 0) is 0 Å². The SMILES string of the molecule is Nc1cc(Br)ccc1C(=O)NC1(CO)CCCC1. The maximum Gasteiger partial charge on any atom is 0.253 e. The number of hydrogen-bond donors (Lipinski definition) is 3. The molecule has 1 aliphatic carbocycles. The molecule has 0 aromatic heterocycles. The van der Waals surface area contributed by atoms with Gasteiger partial charge in [-0.3, -0.25) is 4.79 Å². The van der Waals surface area contributed by atoms with E-state index in [0.717, 1.165) is 30.2 Å². The summed E-state index contributed by atoms with van der Waals surface area (Å²) in [7, 11) is 0. The molecule has 1 amide bonds. The Labute approximate surface area is 115 Å². The normalized spacial score (nSPS) is 17.7. The van der Waals surface area contributed by atoms with Gasteiger partial charge in [0.2, 0.25) is 0 Å². The van der Waals surface area contributed by atoms with Crippen LogP contribution in [0.15, 0.2) is 22.7 Å². The topological polar surface area (TPSA) is 75.4 Å². The fourth-order valence-corrected chi connectivity index (χ4v) is 2.80. The highest BCUT2D eigenvalue weighted by atomic mass is 79.9.